The number of hydrogen-bond acceptors (Lipinski definition) is 4. The van der Waals surface area contributed by atoms with E-state index in [0.717, 1.165) is 6.42 Å². The van der Waals surface area contributed by atoms with E-state index in [9.17, 15) is 5.11 Å². The van der Waals surface area contributed by atoms with Crippen molar-refractivity contribution in [3.63, 3.8) is 0 Å². The van der Waals surface area contributed by atoms with Gasteiger partial charge in [-0.1, -0.05) is 32.1 Å². The van der Waals surface area contributed by atoms with Crippen molar-refractivity contribution in [3.05, 3.63) is 0 Å². The van der Waals surface area contributed by atoms with Gasteiger partial charge in [-0.25, -0.2) is 0 Å². The second kappa shape index (κ2) is 9.83. The number of hydrogen-bond donors (Lipinski definition) is 1. The van der Waals surface area contributed by atoms with Crippen molar-refractivity contribution in [3.8, 4) is 0 Å². The van der Waals surface area contributed by atoms with Gasteiger partial charge in [-0.05, 0) is 12.3 Å². The molecule has 17 heavy (non-hydrogen) atoms. The molecule has 4 nitrogen and oxygen atoms in total. The fraction of sp³-hybridized carbons (Fsp3) is 1.00. The van der Waals surface area contributed by atoms with Crippen molar-refractivity contribution in [2.75, 3.05) is 33.7 Å². The normalized spacial score (nSPS) is 19.4. The molecule has 4 heteroatoms. The molecule has 0 saturated heterocycles. The van der Waals surface area contributed by atoms with Crippen LogP contribution in [-0.4, -0.2) is 44.9 Å². The molecule has 0 aliphatic heterocycles. The Kier molecular flexibility index (Phi) is 8.61. The van der Waals surface area contributed by atoms with Crippen molar-refractivity contribution in [1.29, 1.82) is 0 Å². The van der Waals surface area contributed by atoms with Gasteiger partial charge >= 0.3 is 0 Å². The molecule has 0 aromatic carbocycles. The lowest BCUT2D eigenvalue weighted by Crippen LogP contribution is -2.22. The maximum atomic E-state index is 9.80. The zero-order valence-electron chi connectivity index (χ0n) is 10.9. The first-order chi connectivity index (χ1) is 8.33. The van der Waals surface area contributed by atoms with Crippen LogP contribution in [-0.2, 0) is 14.2 Å². The van der Waals surface area contributed by atoms with E-state index in [0.29, 0.717) is 25.7 Å². The molecule has 1 fully saturated rings. The van der Waals surface area contributed by atoms with Gasteiger partial charge in [0.05, 0.1) is 25.9 Å². The molecule has 1 aliphatic carbocycles. The van der Waals surface area contributed by atoms with Crippen LogP contribution in [0.5, 0.6) is 0 Å². The molecule has 0 radical (unpaired) electrons. The number of aliphatic hydroxyl groups excluding tert-OH is 1. The van der Waals surface area contributed by atoms with Crippen LogP contribution in [0.15, 0.2) is 0 Å². The molecule has 0 spiro atoms. The SMILES string of the molecule is COCCOCOC[C@@H](O)CC1CCCCC1. The summed E-state index contributed by atoms with van der Waals surface area (Å²) in [5.41, 5.74) is 0. The van der Waals surface area contributed by atoms with Crippen LogP contribution >= 0.6 is 0 Å². The van der Waals surface area contributed by atoms with E-state index in [1.54, 1.807) is 7.11 Å². The standard InChI is InChI=1S/C13H26O4/c1-15-7-8-16-11-17-10-13(14)9-12-5-3-2-4-6-12/h12-14H,2-11H2,1H3/t13-/m0/s1. The van der Waals surface area contributed by atoms with Gasteiger partial charge < -0.3 is 19.3 Å². The lowest BCUT2D eigenvalue weighted by molar-refractivity contribution is -0.0900. The van der Waals surface area contributed by atoms with Crippen LogP contribution < -0.4 is 0 Å². The largest absolute Gasteiger partial charge is 0.391 e. The van der Waals surface area contributed by atoms with Crippen molar-refractivity contribution < 1.29 is 19.3 Å². The van der Waals surface area contributed by atoms with Gasteiger partial charge in [-0.3, -0.25) is 0 Å². The van der Waals surface area contributed by atoms with Crippen LogP contribution in [0.25, 0.3) is 0 Å². The Hall–Kier alpha value is -0.160. The molecule has 0 heterocycles. The average molecular weight is 246 g/mol. The molecule has 102 valence electrons. The molecule has 0 unspecified atom stereocenters. The smallest absolute Gasteiger partial charge is 0.146 e. The first-order valence-electron chi connectivity index (χ1n) is 6.65. The van der Waals surface area contributed by atoms with E-state index in [1.165, 1.54) is 32.1 Å². The number of methoxy groups -OCH3 is 1. The minimum absolute atomic E-state index is 0.241. The van der Waals surface area contributed by atoms with E-state index >= 15 is 0 Å². The summed E-state index contributed by atoms with van der Waals surface area (Å²) in [4.78, 5) is 0. The van der Waals surface area contributed by atoms with Crippen LogP contribution in [0.2, 0.25) is 0 Å². The molecular weight excluding hydrogens is 220 g/mol. The average Bonchev–Trinajstić information content (AvgIpc) is 2.35. The molecule has 0 aromatic heterocycles. The highest BCUT2D eigenvalue weighted by Gasteiger charge is 2.17. The molecule has 1 N–H and O–H groups in total. The zero-order valence-corrected chi connectivity index (χ0v) is 10.9. The molecule has 1 saturated carbocycles. The number of rotatable bonds is 9. The molecule has 1 rings (SSSR count). The molecule has 1 aliphatic rings. The highest BCUT2D eigenvalue weighted by atomic mass is 16.7. The predicted octanol–water partition coefficient (Wildman–Crippen LogP) is 1.95. The van der Waals surface area contributed by atoms with E-state index < -0.39 is 0 Å². The Balaban J connectivity index is 1.91. The third-order valence-corrected chi connectivity index (χ3v) is 3.24. The molecule has 0 bridgehead atoms. The van der Waals surface area contributed by atoms with E-state index in [4.69, 9.17) is 14.2 Å². The van der Waals surface area contributed by atoms with Gasteiger partial charge in [0.15, 0.2) is 0 Å². The minimum Gasteiger partial charge on any atom is -0.391 e. The quantitative estimate of drug-likeness (QED) is 0.499. The summed E-state index contributed by atoms with van der Waals surface area (Å²) in [6.45, 7) is 1.73. The van der Waals surface area contributed by atoms with Gasteiger partial charge in [0.1, 0.15) is 6.79 Å². The lowest BCUT2D eigenvalue weighted by atomic mass is 9.85. The Morgan fingerprint density at radius 2 is 1.88 bits per heavy atom. The van der Waals surface area contributed by atoms with Gasteiger partial charge in [0.25, 0.3) is 0 Å². The third kappa shape index (κ3) is 7.71. The summed E-state index contributed by atoms with van der Waals surface area (Å²) >= 11 is 0. The predicted molar refractivity (Wildman–Crippen MR) is 65.8 cm³/mol. The second-order valence-electron chi connectivity index (χ2n) is 4.78. The monoisotopic (exact) mass is 246 g/mol. The van der Waals surface area contributed by atoms with Crippen LogP contribution in [0.3, 0.4) is 0 Å². The Morgan fingerprint density at radius 3 is 2.59 bits per heavy atom. The summed E-state index contributed by atoms with van der Waals surface area (Å²) in [6.07, 6.45) is 7.05. The highest BCUT2D eigenvalue weighted by Crippen LogP contribution is 2.27. The fourth-order valence-electron chi connectivity index (χ4n) is 2.32. The van der Waals surface area contributed by atoms with Crippen LogP contribution in [0.1, 0.15) is 38.5 Å². The summed E-state index contributed by atoms with van der Waals surface area (Å²) < 4.78 is 15.3. The van der Waals surface area contributed by atoms with Crippen molar-refractivity contribution in [2.45, 2.75) is 44.6 Å². The van der Waals surface area contributed by atoms with E-state index in [1.807, 2.05) is 0 Å². The van der Waals surface area contributed by atoms with E-state index in [2.05, 4.69) is 0 Å². The van der Waals surface area contributed by atoms with Crippen molar-refractivity contribution >= 4 is 0 Å². The zero-order chi connectivity index (χ0) is 12.3. The molecular formula is C13H26O4. The Bertz CT molecular complexity index is 169. The van der Waals surface area contributed by atoms with Gasteiger partial charge in [-0.2, -0.15) is 0 Å². The van der Waals surface area contributed by atoms with Gasteiger partial charge in [0.2, 0.25) is 0 Å². The second-order valence-corrected chi connectivity index (χ2v) is 4.78. The van der Waals surface area contributed by atoms with Crippen molar-refractivity contribution in [1.82, 2.24) is 0 Å². The van der Waals surface area contributed by atoms with Crippen LogP contribution in [0, 0.1) is 5.92 Å². The topological polar surface area (TPSA) is 47.9 Å². The van der Waals surface area contributed by atoms with Crippen molar-refractivity contribution in [2.24, 2.45) is 5.92 Å². The number of ether oxygens (including phenoxy) is 3. The summed E-state index contributed by atoms with van der Waals surface area (Å²) in [5, 5.41) is 9.80. The molecule has 0 amide bonds. The summed E-state index contributed by atoms with van der Waals surface area (Å²) in [7, 11) is 1.64. The summed E-state index contributed by atoms with van der Waals surface area (Å²) in [6, 6.07) is 0. The van der Waals surface area contributed by atoms with Gasteiger partial charge in [0, 0.05) is 7.11 Å². The Labute approximate surface area is 104 Å². The lowest BCUT2D eigenvalue weighted by Gasteiger charge is -2.23. The van der Waals surface area contributed by atoms with Gasteiger partial charge in [-0.15, -0.1) is 0 Å². The molecule has 1 atom stereocenters. The molecule has 0 aromatic rings. The number of aliphatic hydroxyl groups is 1. The van der Waals surface area contributed by atoms with E-state index in [-0.39, 0.29) is 12.9 Å². The first kappa shape index (κ1) is 14.9. The third-order valence-electron chi connectivity index (χ3n) is 3.24. The maximum Gasteiger partial charge on any atom is 0.146 e. The first-order valence-corrected chi connectivity index (χ1v) is 6.65. The maximum absolute atomic E-state index is 9.80. The Morgan fingerprint density at radius 1 is 1.12 bits per heavy atom. The highest BCUT2D eigenvalue weighted by molar-refractivity contribution is 4.69. The fourth-order valence-corrected chi connectivity index (χ4v) is 2.32. The minimum atomic E-state index is -0.343. The van der Waals surface area contributed by atoms with Crippen LogP contribution in [0.4, 0.5) is 0 Å². The summed E-state index contributed by atoms with van der Waals surface area (Å²) in [5.74, 6) is 0.691.